The summed E-state index contributed by atoms with van der Waals surface area (Å²) in [5.41, 5.74) is 4.10. The summed E-state index contributed by atoms with van der Waals surface area (Å²) in [5, 5.41) is 10.7. The first-order valence-corrected chi connectivity index (χ1v) is 10.2. The maximum Gasteiger partial charge on any atom is 0.165 e. The van der Waals surface area contributed by atoms with Crippen LogP contribution < -0.4 is 0 Å². The molecule has 28 heavy (non-hydrogen) atoms. The molecule has 0 atom stereocenters. The SMILES string of the molecule is CCN(CC)OCc1nnc2n1-c1ccc(Br)cc1C(c1ccccc1)=NC2. The third-order valence-electron chi connectivity index (χ3n) is 4.76. The van der Waals surface area contributed by atoms with E-state index in [4.69, 9.17) is 9.83 Å². The van der Waals surface area contributed by atoms with Crippen LogP contribution in [0.5, 0.6) is 0 Å². The van der Waals surface area contributed by atoms with E-state index >= 15 is 0 Å². The van der Waals surface area contributed by atoms with E-state index in [9.17, 15) is 0 Å². The van der Waals surface area contributed by atoms with E-state index in [-0.39, 0.29) is 0 Å². The number of benzene rings is 2. The van der Waals surface area contributed by atoms with E-state index < -0.39 is 0 Å². The molecule has 0 bridgehead atoms. The van der Waals surface area contributed by atoms with Crippen molar-refractivity contribution >= 4 is 21.6 Å². The van der Waals surface area contributed by atoms with Gasteiger partial charge in [-0.3, -0.25) is 14.4 Å². The zero-order chi connectivity index (χ0) is 19.5. The molecule has 3 aromatic rings. The monoisotopic (exact) mass is 439 g/mol. The number of hydroxylamine groups is 2. The molecule has 4 rings (SSSR count). The largest absolute Gasteiger partial charge is 0.291 e. The Kier molecular flexibility index (Phi) is 5.66. The predicted molar refractivity (Wildman–Crippen MR) is 113 cm³/mol. The first kappa shape index (κ1) is 19.0. The van der Waals surface area contributed by atoms with Crippen LogP contribution in [0.4, 0.5) is 0 Å². The van der Waals surface area contributed by atoms with Crippen molar-refractivity contribution in [2.75, 3.05) is 13.1 Å². The van der Waals surface area contributed by atoms with Crippen molar-refractivity contribution in [2.24, 2.45) is 4.99 Å². The van der Waals surface area contributed by atoms with E-state index in [1.54, 1.807) is 0 Å². The third-order valence-corrected chi connectivity index (χ3v) is 5.25. The van der Waals surface area contributed by atoms with Gasteiger partial charge in [-0.05, 0) is 18.2 Å². The zero-order valence-electron chi connectivity index (χ0n) is 16.0. The number of halogens is 1. The molecule has 0 N–H and O–H groups in total. The zero-order valence-corrected chi connectivity index (χ0v) is 17.6. The Morgan fingerprint density at radius 2 is 1.86 bits per heavy atom. The molecular formula is C21H22BrN5O. The van der Waals surface area contributed by atoms with Gasteiger partial charge in [0.15, 0.2) is 11.6 Å². The van der Waals surface area contributed by atoms with Crippen LogP contribution in [0, 0.1) is 0 Å². The fourth-order valence-electron chi connectivity index (χ4n) is 3.35. The highest BCUT2D eigenvalue weighted by Crippen LogP contribution is 2.28. The Morgan fingerprint density at radius 1 is 1.07 bits per heavy atom. The van der Waals surface area contributed by atoms with Gasteiger partial charge in [-0.25, -0.2) is 0 Å². The van der Waals surface area contributed by atoms with Crippen molar-refractivity contribution in [2.45, 2.75) is 27.0 Å². The highest BCUT2D eigenvalue weighted by Gasteiger charge is 2.23. The highest BCUT2D eigenvalue weighted by atomic mass is 79.9. The molecule has 6 nitrogen and oxygen atoms in total. The number of nitrogens with zero attached hydrogens (tertiary/aromatic N) is 5. The number of aromatic nitrogens is 3. The summed E-state index contributed by atoms with van der Waals surface area (Å²) in [6.07, 6.45) is 0. The molecular weight excluding hydrogens is 418 g/mol. The molecule has 0 aliphatic carbocycles. The van der Waals surface area contributed by atoms with E-state index in [0.717, 1.165) is 51.7 Å². The molecule has 1 aliphatic rings. The summed E-state index contributed by atoms with van der Waals surface area (Å²) < 4.78 is 3.08. The molecule has 0 fully saturated rings. The lowest BCUT2D eigenvalue weighted by Crippen LogP contribution is -2.24. The lowest BCUT2D eigenvalue weighted by molar-refractivity contribution is -0.165. The van der Waals surface area contributed by atoms with Crippen molar-refractivity contribution < 1.29 is 4.84 Å². The van der Waals surface area contributed by atoms with Crippen molar-refractivity contribution in [3.63, 3.8) is 0 Å². The first-order chi connectivity index (χ1) is 13.7. The Balaban J connectivity index is 1.79. The van der Waals surface area contributed by atoms with Crippen molar-refractivity contribution in [1.82, 2.24) is 19.8 Å². The number of fused-ring (bicyclic) bond motifs is 3. The number of aliphatic imine (C=N–C) groups is 1. The van der Waals surface area contributed by atoms with Crippen LogP contribution in [-0.4, -0.2) is 38.6 Å². The summed E-state index contributed by atoms with van der Waals surface area (Å²) in [6, 6.07) is 16.5. The molecule has 1 aliphatic heterocycles. The van der Waals surface area contributed by atoms with Gasteiger partial charge in [0.1, 0.15) is 13.2 Å². The minimum Gasteiger partial charge on any atom is -0.291 e. The fraction of sp³-hybridized carbons (Fsp3) is 0.286. The number of hydrogen-bond acceptors (Lipinski definition) is 5. The normalized spacial score (nSPS) is 13.1. The first-order valence-electron chi connectivity index (χ1n) is 9.42. The molecule has 2 aromatic carbocycles. The molecule has 144 valence electrons. The van der Waals surface area contributed by atoms with Crippen LogP contribution >= 0.6 is 15.9 Å². The average molecular weight is 440 g/mol. The lowest BCUT2D eigenvalue weighted by atomic mass is 10.0. The Labute approximate surface area is 173 Å². The average Bonchev–Trinajstić information content (AvgIpc) is 3.05. The summed E-state index contributed by atoms with van der Waals surface area (Å²) in [7, 11) is 0. The predicted octanol–water partition coefficient (Wildman–Crippen LogP) is 4.15. The molecule has 0 amide bonds. The van der Waals surface area contributed by atoms with Gasteiger partial charge in [0.2, 0.25) is 0 Å². The van der Waals surface area contributed by atoms with Crippen LogP contribution in [0.2, 0.25) is 0 Å². The minimum atomic E-state index is 0.366. The van der Waals surface area contributed by atoms with Gasteiger partial charge >= 0.3 is 0 Å². The summed E-state index contributed by atoms with van der Waals surface area (Å²) >= 11 is 3.61. The maximum absolute atomic E-state index is 5.91. The molecule has 0 radical (unpaired) electrons. The summed E-state index contributed by atoms with van der Waals surface area (Å²) in [4.78, 5) is 10.8. The minimum absolute atomic E-state index is 0.366. The number of hydrogen-bond donors (Lipinski definition) is 0. The topological polar surface area (TPSA) is 55.5 Å². The van der Waals surface area contributed by atoms with Gasteiger partial charge < -0.3 is 0 Å². The van der Waals surface area contributed by atoms with Gasteiger partial charge in [0.05, 0.1) is 11.4 Å². The lowest BCUT2D eigenvalue weighted by Gasteiger charge is -2.18. The third kappa shape index (κ3) is 3.65. The highest BCUT2D eigenvalue weighted by molar-refractivity contribution is 9.10. The van der Waals surface area contributed by atoms with Gasteiger partial charge in [-0.1, -0.05) is 60.1 Å². The van der Waals surface area contributed by atoms with Crippen molar-refractivity contribution in [3.05, 3.63) is 75.8 Å². The summed E-state index contributed by atoms with van der Waals surface area (Å²) in [6.45, 7) is 6.62. The molecule has 7 heteroatoms. The standard InChI is InChI=1S/C21H22BrN5O/c1-3-26(4-2)28-14-20-25-24-19-13-23-21(15-8-6-5-7-9-15)17-12-16(22)10-11-18(17)27(19)20/h5-12H,3-4,13-14H2,1-2H3. The molecule has 0 saturated carbocycles. The Hall–Kier alpha value is -2.35. The molecule has 1 aromatic heterocycles. The second-order valence-electron chi connectivity index (χ2n) is 6.45. The van der Waals surface area contributed by atoms with E-state index in [0.29, 0.717) is 13.2 Å². The van der Waals surface area contributed by atoms with E-state index in [1.807, 2.05) is 29.3 Å². The van der Waals surface area contributed by atoms with E-state index in [2.05, 4.69) is 68.8 Å². The Morgan fingerprint density at radius 3 is 2.61 bits per heavy atom. The van der Waals surface area contributed by atoms with Gasteiger partial charge in [0, 0.05) is 28.7 Å². The molecule has 0 saturated heterocycles. The molecule has 2 heterocycles. The van der Waals surface area contributed by atoms with Gasteiger partial charge in [-0.2, -0.15) is 5.06 Å². The van der Waals surface area contributed by atoms with Gasteiger partial charge in [0.25, 0.3) is 0 Å². The van der Waals surface area contributed by atoms with Crippen LogP contribution in [0.25, 0.3) is 5.69 Å². The van der Waals surface area contributed by atoms with Crippen LogP contribution in [0.1, 0.15) is 36.6 Å². The van der Waals surface area contributed by atoms with Crippen LogP contribution in [0.15, 0.2) is 58.0 Å². The van der Waals surface area contributed by atoms with Gasteiger partial charge in [-0.15, -0.1) is 10.2 Å². The smallest absolute Gasteiger partial charge is 0.165 e. The Bertz CT molecular complexity index is 995. The van der Waals surface area contributed by atoms with Crippen LogP contribution in [0.3, 0.4) is 0 Å². The summed E-state index contributed by atoms with van der Waals surface area (Å²) in [5.74, 6) is 1.59. The fourth-order valence-corrected chi connectivity index (χ4v) is 3.71. The van der Waals surface area contributed by atoms with Crippen molar-refractivity contribution in [1.29, 1.82) is 0 Å². The second-order valence-corrected chi connectivity index (χ2v) is 7.36. The quantitative estimate of drug-likeness (QED) is 0.541. The molecule has 0 spiro atoms. The maximum atomic E-state index is 5.91. The molecule has 0 unspecified atom stereocenters. The second kappa shape index (κ2) is 8.34. The van der Waals surface area contributed by atoms with E-state index in [1.165, 1.54) is 0 Å². The van der Waals surface area contributed by atoms with Crippen LogP contribution in [-0.2, 0) is 18.0 Å². The van der Waals surface area contributed by atoms with Crippen molar-refractivity contribution in [3.8, 4) is 5.69 Å². The number of rotatable bonds is 6.